The van der Waals surface area contributed by atoms with Crippen LogP contribution in [0, 0.1) is 0 Å². The van der Waals surface area contributed by atoms with Gasteiger partial charge in [0, 0.05) is 43.3 Å². The quantitative estimate of drug-likeness (QED) is 0.555. The Kier molecular flexibility index (Phi) is 7.15. The molecule has 3 aliphatic heterocycles. The van der Waals surface area contributed by atoms with Crippen LogP contribution < -0.4 is 0 Å². The number of thioether (sulfide) groups is 1. The molecule has 0 bridgehead atoms. The monoisotopic (exact) mass is 510 g/mol. The number of imide groups is 1. The summed E-state index contributed by atoms with van der Waals surface area (Å²) in [6.07, 6.45) is 6.48. The molecular formula is C26H30N4O5S. The van der Waals surface area contributed by atoms with Crippen LogP contribution in [0.15, 0.2) is 29.3 Å². The van der Waals surface area contributed by atoms with Crippen LogP contribution in [0.3, 0.4) is 0 Å². The highest BCUT2D eigenvalue weighted by atomic mass is 32.2. The highest BCUT2D eigenvalue weighted by molar-refractivity contribution is 8.18. The Bertz CT molecular complexity index is 1240. The van der Waals surface area contributed by atoms with Crippen molar-refractivity contribution in [2.45, 2.75) is 32.7 Å². The van der Waals surface area contributed by atoms with E-state index in [1.165, 1.54) is 0 Å². The predicted molar refractivity (Wildman–Crippen MR) is 137 cm³/mol. The lowest BCUT2D eigenvalue weighted by atomic mass is 10.1. The van der Waals surface area contributed by atoms with Crippen molar-refractivity contribution in [1.82, 2.24) is 19.3 Å². The number of rotatable bonds is 6. The number of morpholine rings is 1. The normalized spacial score (nSPS) is 19.8. The van der Waals surface area contributed by atoms with Crippen LogP contribution in [0.25, 0.3) is 17.0 Å². The molecular weight excluding hydrogens is 480 g/mol. The topological polar surface area (TPSA) is 92.2 Å². The second kappa shape index (κ2) is 10.5. The maximum absolute atomic E-state index is 13.1. The van der Waals surface area contributed by atoms with E-state index in [4.69, 9.17) is 4.74 Å². The Labute approximate surface area is 214 Å². The van der Waals surface area contributed by atoms with Crippen LogP contribution in [0.2, 0.25) is 0 Å². The fraction of sp³-hybridized carbons (Fsp3) is 0.462. The number of hydrogen-bond acceptors (Lipinski definition) is 6. The zero-order valence-electron chi connectivity index (χ0n) is 20.4. The average molecular weight is 511 g/mol. The van der Waals surface area contributed by atoms with E-state index in [-0.39, 0.29) is 29.8 Å². The molecule has 1 aromatic carbocycles. The maximum atomic E-state index is 13.1. The fourth-order valence-electron chi connectivity index (χ4n) is 5.03. The van der Waals surface area contributed by atoms with Crippen molar-refractivity contribution < 1.29 is 23.9 Å². The molecule has 0 saturated carbocycles. The standard InChI is InChI=1S/C26H30N4O5S/c1-2-18-6-5-7-20-19(15-29(24(18)20)16-22(31)27-8-3-4-9-27)14-21-25(33)30(26(34)36-21)17-23(32)28-10-12-35-13-11-28/h5-7,14-15H,2-4,8-13,16-17H2,1H3/b21-14-. The molecule has 0 aliphatic carbocycles. The van der Waals surface area contributed by atoms with Gasteiger partial charge in [0.25, 0.3) is 11.1 Å². The molecule has 0 unspecified atom stereocenters. The highest BCUT2D eigenvalue weighted by Gasteiger charge is 2.37. The summed E-state index contributed by atoms with van der Waals surface area (Å²) in [5, 5.41) is 0.481. The van der Waals surface area contributed by atoms with Gasteiger partial charge in [-0.3, -0.25) is 24.1 Å². The number of para-hydroxylation sites is 1. The van der Waals surface area contributed by atoms with Gasteiger partial charge in [0.2, 0.25) is 11.8 Å². The van der Waals surface area contributed by atoms with Gasteiger partial charge in [-0.2, -0.15) is 0 Å². The summed E-state index contributed by atoms with van der Waals surface area (Å²) in [5.74, 6) is -0.637. The predicted octanol–water partition coefficient (Wildman–Crippen LogP) is 2.72. The number of amides is 4. The van der Waals surface area contributed by atoms with Gasteiger partial charge < -0.3 is 19.1 Å². The number of carbonyl (C=O) groups is 4. The summed E-state index contributed by atoms with van der Waals surface area (Å²) in [6.45, 7) is 5.45. The lowest BCUT2D eigenvalue weighted by Crippen LogP contribution is -2.46. The Hall–Kier alpha value is -3.11. The van der Waals surface area contributed by atoms with Crippen molar-refractivity contribution in [3.8, 4) is 0 Å². The van der Waals surface area contributed by atoms with E-state index in [2.05, 4.69) is 6.92 Å². The molecule has 5 rings (SSSR count). The van der Waals surface area contributed by atoms with Crippen molar-refractivity contribution in [2.24, 2.45) is 0 Å². The Morgan fingerprint density at radius 1 is 1.00 bits per heavy atom. The Morgan fingerprint density at radius 2 is 1.69 bits per heavy atom. The summed E-state index contributed by atoms with van der Waals surface area (Å²) >= 11 is 0.846. The molecule has 2 aromatic rings. The van der Waals surface area contributed by atoms with E-state index in [0.717, 1.165) is 71.0 Å². The van der Waals surface area contributed by atoms with Gasteiger partial charge in [-0.25, -0.2) is 0 Å². The number of carbonyl (C=O) groups excluding carboxylic acids is 4. The van der Waals surface area contributed by atoms with Crippen LogP contribution in [0.4, 0.5) is 4.79 Å². The first-order valence-corrected chi connectivity index (χ1v) is 13.3. The molecule has 1 aromatic heterocycles. The van der Waals surface area contributed by atoms with E-state index < -0.39 is 11.1 Å². The van der Waals surface area contributed by atoms with Gasteiger partial charge in [0.15, 0.2) is 0 Å². The maximum Gasteiger partial charge on any atom is 0.294 e. The molecule has 3 aliphatic rings. The first-order valence-electron chi connectivity index (χ1n) is 12.5. The molecule has 36 heavy (non-hydrogen) atoms. The van der Waals surface area contributed by atoms with Crippen molar-refractivity contribution in [3.63, 3.8) is 0 Å². The van der Waals surface area contributed by atoms with Crippen molar-refractivity contribution in [3.05, 3.63) is 40.4 Å². The van der Waals surface area contributed by atoms with Crippen LogP contribution in [-0.4, -0.2) is 88.2 Å². The minimum Gasteiger partial charge on any atom is -0.378 e. The van der Waals surface area contributed by atoms with Gasteiger partial charge in [0.05, 0.1) is 23.6 Å². The summed E-state index contributed by atoms with van der Waals surface area (Å²) in [7, 11) is 0. The molecule has 9 nitrogen and oxygen atoms in total. The first kappa shape index (κ1) is 24.6. The zero-order valence-corrected chi connectivity index (χ0v) is 21.2. The first-order chi connectivity index (χ1) is 17.5. The molecule has 4 heterocycles. The third kappa shape index (κ3) is 4.79. The Balaban J connectivity index is 1.41. The van der Waals surface area contributed by atoms with Crippen LogP contribution >= 0.6 is 11.8 Å². The minimum atomic E-state index is -0.465. The number of ether oxygens (including phenoxy) is 1. The molecule has 0 N–H and O–H groups in total. The van der Waals surface area contributed by atoms with Crippen molar-refractivity contribution in [2.75, 3.05) is 45.9 Å². The van der Waals surface area contributed by atoms with Gasteiger partial charge in [-0.15, -0.1) is 0 Å². The third-order valence-corrected chi connectivity index (χ3v) is 7.88. The molecule has 10 heteroatoms. The van der Waals surface area contributed by atoms with Gasteiger partial charge in [0.1, 0.15) is 13.1 Å². The number of aryl methyl sites for hydroxylation is 1. The van der Waals surface area contributed by atoms with Gasteiger partial charge in [-0.1, -0.05) is 25.1 Å². The van der Waals surface area contributed by atoms with Crippen molar-refractivity contribution in [1.29, 1.82) is 0 Å². The smallest absolute Gasteiger partial charge is 0.294 e. The lowest BCUT2D eigenvalue weighted by Gasteiger charge is -2.28. The highest BCUT2D eigenvalue weighted by Crippen LogP contribution is 2.35. The largest absolute Gasteiger partial charge is 0.378 e. The summed E-state index contributed by atoms with van der Waals surface area (Å²) in [5.41, 5.74) is 2.87. The molecule has 0 spiro atoms. The van der Waals surface area contributed by atoms with Crippen LogP contribution in [0.1, 0.15) is 30.9 Å². The summed E-state index contributed by atoms with van der Waals surface area (Å²) in [4.78, 5) is 56.1. The second-order valence-corrected chi connectivity index (χ2v) is 10.2. The minimum absolute atomic E-state index is 0.0869. The Morgan fingerprint density at radius 3 is 2.42 bits per heavy atom. The SMILES string of the molecule is CCc1cccc2c(/C=C3\SC(=O)N(CC(=O)N4CCOCC4)C3=O)cn(CC(=O)N3CCCC3)c12. The van der Waals surface area contributed by atoms with E-state index in [9.17, 15) is 19.2 Å². The second-order valence-electron chi connectivity index (χ2n) is 9.23. The molecule has 0 radical (unpaired) electrons. The van der Waals surface area contributed by atoms with E-state index in [1.807, 2.05) is 33.9 Å². The number of likely N-dealkylation sites (tertiary alicyclic amines) is 1. The van der Waals surface area contributed by atoms with E-state index in [1.54, 1.807) is 11.0 Å². The molecule has 0 atom stereocenters. The van der Waals surface area contributed by atoms with Crippen LogP contribution in [-0.2, 0) is 32.1 Å². The molecule has 3 saturated heterocycles. The molecule has 3 fully saturated rings. The van der Waals surface area contributed by atoms with Gasteiger partial charge in [-0.05, 0) is 42.7 Å². The van der Waals surface area contributed by atoms with Crippen LogP contribution in [0.5, 0.6) is 0 Å². The number of hydrogen-bond donors (Lipinski definition) is 0. The van der Waals surface area contributed by atoms with Crippen molar-refractivity contribution >= 4 is 51.7 Å². The zero-order chi connectivity index (χ0) is 25.2. The lowest BCUT2D eigenvalue weighted by molar-refractivity contribution is -0.139. The molecule has 190 valence electrons. The third-order valence-electron chi connectivity index (χ3n) is 6.98. The van der Waals surface area contributed by atoms with E-state index in [0.29, 0.717) is 26.3 Å². The number of aromatic nitrogens is 1. The fourth-order valence-corrected chi connectivity index (χ4v) is 5.86. The summed E-state index contributed by atoms with van der Waals surface area (Å²) < 4.78 is 7.24. The number of benzene rings is 1. The number of nitrogens with zero attached hydrogens (tertiary/aromatic N) is 4. The van der Waals surface area contributed by atoms with E-state index >= 15 is 0 Å². The number of fused-ring (bicyclic) bond motifs is 1. The van der Waals surface area contributed by atoms with Gasteiger partial charge >= 0.3 is 0 Å². The average Bonchev–Trinajstić information content (AvgIpc) is 3.61. The molecule has 4 amide bonds. The summed E-state index contributed by atoms with van der Waals surface area (Å²) in [6, 6.07) is 6.00.